The standard InChI is InChI=1S/C16H10N2O/c1-2-4-12-8-15-9-14(16-10-19-18-17-16)6-5-13(15)7-11(12)3-1/h1-10H. The normalized spacial score (nSPS) is 11.2. The lowest BCUT2D eigenvalue weighted by atomic mass is 10.0. The quantitative estimate of drug-likeness (QED) is 0.476. The van der Waals surface area contributed by atoms with E-state index in [0.717, 1.165) is 11.3 Å². The van der Waals surface area contributed by atoms with E-state index in [2.05, 4.69) is 58.9 Å². The second-order valence-electron chi connectivity index (χ2n) is 4.55. The minimum absolute atomic E-state index is 0.759. The lowest BCUT2D eigenvalue weighted by molar-refractivity contribution is 0.393. The highest BCUT2D eigenvalue weighted by atomic mass is 16.5. The molecule has 0 radical (unpaired) electrons. The summed E-state index contributed by atoms with van der Waals surface area (Å²) in [5.74, 6) is 0. The van der Waals surface area contributed by atoms with Gasteiger partial charge in [-0.25, -0.2) is 0 Å². The molecule has 3 heteroatoms. The van der Waals surface area contributed by atoms with Crippen molar-refractivity contribution in [2.24, 2.45) is 0 Å². The molecule has 3 aromatic carbocycles. The summed E-state index contributed by atoms with van der Waals surface area (Å²) in [5.41, 5.74) is 1.78. The molecule has 0 saturated carbocycles. The van der Waals surface area contributed by atoms with Crippen LogP contribution < -0.4 is 0 Å². The third-order valence-corrected chi connectivity index (χ3v) is 3.36. The van der Waals surface area contributed by atoms with Gasteiger partial charge in [-0.1, -0.05) is 36.4 Å². The summed E-state index contributed by atoms with van der Waals surface area (Å²) in [5, 5.41) is 12.4. The zero-order chi connectivity index (χ0) is 12.7. The van der Waals surface area contributed by atoms with Gasteiger partial charge in [0.05, 0.1) is 0 Å². The Bertz CT molecular complexity index is 866. The van der Waals surface area contributed by atoms with E-state index in [-0.39, 0.29) is 0 Å². The first-order valence-corrected chi connectivity index (χ1v) is 6.10. The van der Waals surface area contributed by atoms with Crippen molar-refractivity contribution in [3.63, 3.8) is 0 Å². The topological polar surface area (TPSA) is 38.9 Å². The van der Waals surface area contributed by atoms with Crippen LogP contribution in [0.1, 0.15) is 0 Å². The van der Waals surface area contributed by atoms with Crippen LogP contribution in [-0.2, 0) is 0 Å². The van der Waals surface area contributed by atoms with Crippen LogP contribution in [0.3, 0.4) is 0 Å². The molecule has 0 amide bonds. The maximum Gasteiger partial charge on any atom is 0.152 e. The molecule has 0 unspecified atom stereocenters. The lowest BCUT2D eigenvalue weighted by Gasteiger charge is -2.03. The Morgan fingerprint density at radius 3 is 2.21 bits per heavy atom. The van der Waals surface area contributed by atoms with Crippen LogP contribution >= 0.6 is 0 Å². The van der Waals surface area contributed by atoms with Gasteiger partial charge in [-0.2, -0.15) is 0 Å². The van der Waals surface area contributed by atoms with Gasteiger partial charge in [-0.05, 0) is 39.7 Å². The Morgan fingerprint density at radius 1 is 0.737 bits per heavy atom. The van der Waals surface area contributed by atoms with E-state index in [0.29, 0.717) is 0 Å². The van der Waals surface area contributed by atoms with Crippen LogP contribution in [0.25, 0.3) is 32.8 Å². The Kier molecular flexibility index (Phi) is 2.12. The molecule has 0 aliphatic rings. The number of hydrogen-bond donors (Lipinski definition) is 0. The fourth-order valence-corrected chi connectivity index (χ4v) is 2.39. The summed E-state index contributed by atoms with van der Waals surface area (Å²) in [6.07, 6.45) is 1.56. The van der Waals surface area contributed by atoms with Crippen molar-refractivity contribution in [1.82, 2.24) is 10.4 Å². The van der Waals surface area contributed by atoms with Crippen molar-refractivity contribution in [2.75, 3.05) is 0 Å². The second kappa shape index (κ2) is 3.92. The average molecular weight is 246 g/mol. The van der Waals surface area contributed by atoms with Crippen LogP contribution in [0.4, 0.5) is 0 Å². The number of rotatable bonds is 1. The second-order valence-corrected chi connectivity index (χ2v) is 4.55. The smallest absolute Gasteiger partial charge is 0.152 e. The van der Waals surface area contributed by atoms with Crippen LogP contribution in [0, 0.1) is 0 Å². The molecule has 0 atom stereocenters. The zero-order valence-electron chi connectivity index (χ0n) is 10.1. The SMILES string of the molecule is c1ccc2cc3cc(-c4conn4)ccc3cc2c1. The summed E-state index contributed by atoms with van der Waals surface area (Å²) in [4.78, 5) is 0. The van der Waals surface area contributed by atoms with Gasteiger partial charge in [0.15, 0.2) is 6.26 Å². The average Bonchev–Trinajstić information content (AvgIpc) is 2.98. The number of nitrogens with zero attached hydrogens (tertiary/aromatic N) is 2. The van der Waals surface area contributed by atoms with Crippen molar-refractivity contribution in [3.05, 3.63) is 60.9 Å². The minimum atomic E-state index is 0.759. The summed E-state index contributed by atoms with van der Waals surface area (Å²) >= 11 is 0. The third-order valence-electron chi connectivity index (χ3n) is 3.36. The molecule has 4 aromatic rings. The third kappa shape index (κ3) is 1.67. The van der Waals surface area contributed by atoms with E-state index in [9.17, 15) is 0 Å². The van der Waals surface area contributed by atoms with Crippen molar-refractivity contribution in [2.45, 2.75) is 0 Å². The highest BCUT2D eigenvalue weighted by molar-refractivity contribution is 5.99. The van der Waals surface area contributed by atoms with Crippen LogP contribution in [0.5, 0.6) is 0 Å². The molecule has 1 heterocycles. The molecular formula is C16H10N2O. The number of hydrogen-bond acceptors (Lipinski definition) is 3. The van der Waals surface area contributed by atoms with Gasteiger partial charge in [0.25, 0.3) is 0 Å². The summed E-state index contributed by atoms with van der Waals surface area (Å²) in [6, 6.07) is 19.0. The molecule has 3 nitrogen and oxygen atoms in total. The van der Waals surface area contributed by atoms with Crippen molar-refractivity contribution >= 4 is 21.5 Å². The Balaban J connectivity index is 2.00. The van der Waals surface area contributed by atoms with Crippen LogP contribution in [-0.4, -0.2) is 10.4 Å². The predicted molar refractivity (Wildman–Crippen MR) is 74.7 cm³/mol. The van der Waals surface area contributed by atoms with E-state index in [1.165, 1.54) is 21.5 Å². The molecule has 0 aliphatic heterocycles. The van der Waals surface area contributed by atoms with Gasteiger partial charge in [-0.3, -0.25) is 0 Å². The molecule has 90 valence electrons. The maximum atomic E-state index is 4.79. The molecule has 0 spiro atoms. The van der Waals surface area contributed by atoms with E-state index in [4.69, 9.17) is 4.52 Å². The molecule has 1 aromatic heterocycles. The van der Waals surface area contributed by atoms with Crippen molar-refractivity contribution < 1.29 is 4.52 Å². The Morgan fingerprint density at radius 2 is 1.47 bits per heavy atom. The summed E-state index contributed by atoms with van der Waals surface area (Å²) in [7, 11) is 0. The predicted octanol–water partition coefficient (Wildman–Crippen LogP) is 4.04. The molecule has 0 N–H and O–H groups in total. The fraction of sp³-hybridized carbons (Fsp3) is 0. The van der Waals surface area contributed by atoms with Crippen LogP contribution in [0.2, 0.25) is 0 Å². The van der Waals surface area contributed by atoms with Crippen LogP contribution in [0.15, 0.2) is 65.4 Å². The monoisotopic (exact) mass is 246 g/mol. The van der Waals surface area contributed by atoms with Crippen molar-refractivity contribution in [3.8, 4) is 11.3 Å². The lowest BCUT2D eigenvalue weighted by Crippen LogP contribution is -1.80. The van der Waals surface area contributed by atoms with E-state index in [1.807, 2.05) is 6.07 Å². The van der Waals surface area contributed by atoms with Gasteiger partial charge < -0.3 is 4.52 Å². The highest BCUT2D eigenvalue weighted by Crippen LogP contribution is 2.26. The summed E-state index contributed by atoms with van der Waals surface area (Å²) in [6.45, 7) is 0. The Labute approximate surface area is 109 Å². The van der Waals surface area contributed by atoms with E-state index >= 15 is 0 Å². The molecule has 0 saturated heterocycles. The van der Waals surface area contributed by atoms with E-state index in [1.54, 1.807) is 6.26 Å². The summed E-state index contributed by atoms with van der Waals surface area (Å²) < 4.78 is 4.79. The molecule has 0 aliphatic carbocycles. The van der Waals surface area contributed by atoms with Gasteiger partial charge in [0, 0.05) is 10.8 Å². The first-order chi connectivity index (χ1) is 9.40. The van der Waals surface area contributed by atoms with Gasteiger partial charge in [-0.15, -0.1) is 5.10 Å². The number of benzene rings is 3. The molecule has 4 rings (SSSR count). The van der Waals surface area contributed by atoms with E-state index < -0.39 is 0 Å². The molecule has 19 heavy (non-hydrogen) atoms. The molecular weight excluding hydrogens is 236 g/mol. The first-order valence-electron chi connectivity index (χ1n) is 6.10. The van der Waals surface area contributed by atoms with Gasteiger partial charge in [0.2, 0.25) is 0 Å². The zero-order valence-corrected chi connectivity index (χ0v) is 10.1. The van der Waals surface area contributed by atoms with Crippen molar-refractivity contribution in [1.29, 1.82) is 0 Å². The van der Waals surface area contributed by atoms with Gasteiger partial charge in [0.1, 0.15) is 5.69 Å². The van der Waals surface area contributed by atoms with Gasteiger partial charge >= 0.3 is 0 Å². The number of fused-ring (bicyclic) bond motifs is 2. The maximum absolute atomic E-state index is 4.79. The fourth-order valence-electron chi connectivity index (χ4n) is 2.39. The first kappa shape index (κ1) is 10.3. The number of aromatic nitrogens is 2. The Hall–Kier alpha value is -2.68. The molecule has 0 fully saturated rings. The largest absolute Gasteiger partial charge is 0.345 e. The highest BCUT2D eigenvalue weighted by Gasteiger charge is 2.04. The minimum Gasteiger partial charge on any atom is -0.345 e. The molecule has 0 bridgehead atoms.